The van der Waals surface area contributed by atoms with Crippen LogP contribution in [0.1, 0.15) is 41.0 Å². The molecule has 0 heterocycles. The van der Waals surface area contributed by atoms with Crippen molar-refractivity contribution >= 4 is 12.0 Å². The summed E-state index contributed by atoms with van der Waals surface area (Å²) in [5.41, 5.74) is -0.431. The van der Waals surface area contributed by atoms with Gasteiger partial charge in [-0.15, -0.1) is 0 Å². The molecule has 0 saturated carbocycles. The van der Waals surface area contributed by atoms with Crippen LogP contribution in [-0.4, -0.2) is 53.3 Å². The lowest BCUT2D eigenvalue weighted by Gasteiger charge is -2.30. The Kier molecular flexibility index (Phi) is 7.44. The number of amides is 2. The second-order valence-electron chi connectivity index (χ2n) is 5.08. The Morgan fingerprint density at radius 3 is 2.37 bits per heavy atom. The van der Waals surface area contributed by atoms with Crippen molar-refractivity contribution in [3.8, 4) is 0 Å². The van der Waals surface area contributed by atoms with Crippen molar-refractivity contribution in [2.75, 3.05) is 19.7 Å². The largest absolute Gasteiger partial charge is 0.481 e. The molecular weight excluding hydrogens is 248 g/mol. The molecule has 0 saturated heterocycles. The highest BCUT2D eigenvalue weighted by atomic mass is 16.5. The maximum absolute atomic E-state index is 12.0. The molecule has 0 aliphatic carbocycles. The van der Waals surface area contributed by atoms with E-state index in [9.17, 15) is 9.59 Å². The van der Waals surface area contributed by atoms with Gasteiger partial charge in [0.1, 0.15) is 0 Å². The van der Waals surface area contributed by atoms with Crippen molar-refractivity contribution in [2.45, 2.75) is 52.7 Å². The molecule has 6 nitrogen and oxygen atoms in total. The normalized spacial score (nSPS) is 12.9. The molecule has 0 aromatic rings. The summed E-state index contributed by atoms with van der Waals surface area (Å²) in [5.74, 6) is -0.909. The van der Waals surface area contributed by atoms with Crippen molar-refractivity contribution < 1.29 is 19.4 Å². The van der Waals surface area contributed by atoms with Gasteiger partial charge in [0, 0.05) is 25.7 Å². The van der Waals surface area contributed by atoms with Crippen LogP contribution >= 0.6 is 0 Å². The summed E-state index contributed by atoms with van der Waals surface area (Å²) in [7, 11) is 0. The van der Waals surface area contributed by atoms with E-state index >= 15 is 0 Å². The lowest BCUT2D eigenvalue weighted by Crippen LogP contribution is -2.49. The first-order valence-corrected chi connectivity index (χ1v) is 6.63. The van der Waals surface area contributed by atoms with Gasteiger partial charge in [0.25, 0.3) is 0 Å². The van der Waals surface area contributed by atoms with Crippen LogP contribution in [0.3, 0.4) is 0 Å². The van der Waals surface area contributed by atoms with E-state index in [0.29, 0.717) is 19.7 Å². The SMILES string of the molecule is CCOC(C)(C)CNC(=O)N(CC)C(C)CC(=O)O. The Balaban J connectivity index is 4.40. The molecule has 0 rings (SSSR count). The van der Waals surface area contributed by atoms with Crippen molar-refractivity contribution in [1.82, 2.24) is 10.2 Å². The summed E-state index contributed by atoms with van der Waals surface area (Å²) in [4.78, 5) is 24.2. The Morgan fingerprint density at radius 2 is 1.95 bits per heavy atom. The van der Waals surface area contributed by atoms with Gasteiger partial charge in [-0.2, -0.15) is 0 Å². The second kappa shape index (κ2) is 7.99. The zero-order chi connectivity index (χ0) is 15.1. The number of hydrogen-bond donors (Lipinski definition) is 2. The van der Waals surface area contributed by atoms with E-state index < -0.39 is 11.6 Å². The number of rotatable bonds is 8. The summed E-state index contributed by atoms with van der Waals surface area (Å²) >= 11 is 0. The molecule has 1 unspecified atom stereocenters. The van der Waals surface area contributed by atoms with Gasteiger partial charge < -0.3 is 20.1 Å². The van der Waals surface area contributed by atoms with Crippen molar-refractivity contribution in [2.24, 2.45) is 0 Å². The molecule has 6 heteroatoms. The zero-order valence-corrected chi connectivity index (χ0v) is 12.5. The van der Waals surface area contributed by atoms with E-state index in [1.165, 1.54) is 4.90 Å². The minimum absolute atomic E-state index is 0.0594. The number of carbonyl (C=O) groups excluding carboxylic acids is 1. The van der Waals surface area contributed by atoms with E-state index in [4.69, 9.17) is 9.84 Å². The fraction of sp³-hybridized carbons (Fsp3) is 0.846. The van der Waals surface area contributed by atoms with Crippen LogP contribution in [0.4, 0.5) is 4.79 Å². The number of carboxylic acids is 1. The molecule has 2 N–H and O–H groups in total. The minimum atomic E-state index is -0.909. The second-order valence-corrected chi connectivity index (χ2v) is 5.08. The molecule has 0 radical (unpaired) electrons. The quantitative estimate of drug-likeness (QED) is 0.706. The number of carboxylic acid groups (broad SMARTS) is 1. The molecule has 0 fully saturated rings. The van der Waals surface area contributed by atoms with Gasteiger partial charge in [0.05, 0.1) is 12.0 Å². The van der Waals surface area contributed by atoms with Crippen LogP contribution in [-0.2, 0) is 9.53 Å². The Labute approximate surface area is 115 Å². The van der Waals surface area contributed by atoms with Crippen LogP contribution in [0.15, 0.2) is 0 Å². The number of nitrogens with one attached hydrogen (secondary N) is 1. The Hall–Kier alpha value is -1.30. The van der Waals surface area contributed by atoms with E-state index in [1.807, 2.05) is 27.7 Å². The lowest BCUT2D eigenvalue weighted by molar-refractivity contribution is -0.138. The maximum atomic E-state index is 12.0. The van der Waals surface area contributed by atoms with Gasteiger partial charge in [-0.1, -0.05) is 0 Å². The number of carbonyl (C=O) groups is 2. The number of ether oxygens (including phenoxy) is 1. The molecular formula is C13H26N2O4. The zero-order valence-electron chi connectivity index (χ0n) is 12.5. The monoisotopic (exact) mass is 274 g/mol. The summed E-state index contributed by atoms with van der Waals surface area (Å²) < 4.78 is 5.49. The maximum Gasteiger partial charge on any atom is 0.317 e. The number of hydrogen-bond acceptors (Lipinski definition) is 3. The molecule has 1 atom stereocenters. The summed E-state index contributed by atoms with van der Waals surface area (Å²) in [6, 6.07) is -0.596. The van der Waals surface area contributed by atoms with Gasteiger partial charge in [-0.3, -0.25) is 4.79 Å². The fourth-order valence-corrected chi connectivity index (χ4v) is 1.85. The first kappa shape index (κ1) is 17.7. The highest BCUT2D eigenvalue weighted by Crippen LogP contribution is 2.08. The smallest absolute Gasteiger partial charge is 0.317 e. The molecule has 0 aliphatic heterocycles. The average Bonchev–Trinajstić information content (AvgIpc) is 2.26. The predicted octanol–water partition coefficient (Wildman–Crippen LogP) is 1.70. The molecule has 0 aromatic carbocycles. The van der Waals surface area contributed by atoms with Crippen molar-refractivity contribution in [3.63, 3.8) is 0 Å². The Bertz CT molecular complexity index is 305. The molecule has 19 heavy (non-hydrogen) atoms. The molecule has 0 spiro atoms. The van der Waals surface area contributed by atoms with Crippen LogP contribution in [0.25, 0.3) is 0 Å². The standard InChI is InChI=1S/C13H26N2O4/c1-6-15(10(3)8-11(16)17)12(18)14-9-13(4,5)19-7-2/h10H,6-9H2,1-5H3,(H,14,18)(H,16,17). The molecule has 2 amide bonds. The summed E-state index contributed by atoms with van der Waals surface area (Å²) in [5, 5.41) is 11.5. The topological polar surface area (TPSA) is 78.9 Å². The minimum Gasteiger partial charge on any atom is -0.481 e. The van der Waals surface area contributed by atoms with Gasteiger partial charge >= 0.3 is 12.0 Å². The Morgan fingerprint density at radius 1 is 1.37 bits per heavy atom. The van der Waals surface area contributed by atoms with Gasteiger partial charge in [-0.25, -0.2) is 4.79 Å². The number of urea groups is 1. The lowest BCUT2D eigenvalue weighted by atomic mass is 10.1. The first-order chi connectivity index (χ1) is 8.73. The van der Waals surface area contributed by atoms with E-state index in [0.717, 1.165) is 0 Å². The van der Waals surface area contributed by atoms with Gasteiger partial charge in [0.15, 0.2) is 0 Å². The molecule has 0 bridgehead atoms. The molecule has 0 aliphatic rings. The van der Waals surface area contributed by atoms with Crippen LogP contribution < -0.4 is 5.32 Å². The van der Waals surface area contributed by atoms with Crippen molar-refractivity contribution in [3.05, 3.63) is 0 Å². The van der Waals surface area contributed by atoms with E-state index in [1.54, 1.807) is 6.92 Å². The fourth-order valence-electron chi connectivity index (χ4n) is 1.85. The summed E-state index contributed by atoms with van der Waals surface area (Å²) in [6.07, 6.45) is -0.0594. The average molecular weight is 274 g/mol. The predicted molar refractivity (Wildman–Crippen MR) is 73.2 cm³/mol. The highest BCUT2D eigenvalue weighted by molar-refractivity contribution is 5.76. The van der Waals surface area contributed by atoms with E-state index in [-0.39, 0.29) is 18.5 Å². The highest BCUT2D eigenvalue weighted by Gasteiger charge is 2.23. The van der Waals surface area contributed by atoms with Crippen LogP contribution in [0, 0.1) is 0 Å². The molecule has 0 aromatic heterocycles. The molecule has 112 valence electrons. The first-order valence-electron chi connectivity index (χ1n) is 6.63. The third-order valence-corrected chi connectivity index (χ3v) is 2.80. The number of aliphatic carboxylic acids is 1. The van der Waals surface area contributed by atoms with Crippen LogP contribution in [0.5, 0.6) is 0 Å². The third-order valence-electron chi connectivity index (χ3n) is 2.80. The third kappa shape index (κ3) is 7.00. The number of nitrogens with zero attached hydrogens (tertiary/aromatic N) is 1. The van der Waals surface area contributed by atoms with E-state index in [2.05, 4.69) is 5.32 Å². The van der Waals surface area contributed by atoms with Crippen LogP contribution in [0.2, 0.25) is 0 Å². The van der Waals surface area contributed by atoms with Gasteiger partial charge in [-0.05, 0) is 34.6 Å². The summed E-state index contributed by atoms with van der Waals surface area (Å²) in [6.45, 7) is 10.7. The van der Waals surface area contributed by atoms with Gasteiger partial charge in [0.2, 0.25) is 0 Å². The van der Waals surface area contributed by atoms with Crippen molar-refractivity contribution in [1.29, 1.82) is 0 Å².